The van der Waals surface area contributed by atoms with E-state index < -0.39 is 10.0 Å². The minimum atomic E-state index is -3.73. The number of rotatable bonds is 5. The van der Waals surface area contributed by atoms with Gasteiger partial charge in [-0.3, -0.25) is 9.82 Å². The molecule has 120 valence electrons. The number of thiophene rings is 1. The Balaban J connectivity index is 1.89. The van der Waals surface area contributed by atoms with Crippen molar-refractivity contribution in [2.75, 3.05) is 11.8 Å². The van der Waals surface area contributed by atoms with Crippen LogP contribution in [0.1, 0.15) is 5.56 Å². The summed E-state index contributed by atoms with van der Waals surface area (Å²) in [6.45, 7) is 1.98. The number of aromatic nitrogens is 2. The number of hydrogen-bond donors (Lipinski definition) is 2. The van der Waals surface area contributed by atoms with E-state index in [-0.39, 0.29) is 10.0 Å². The molecule has 6 nitrogen and oxygen atoms in total. The molecular formula is C15H15N3O3S2. The summed E-state index contributed by atoms with van der Waals surface area (Å²) in [6, 6.07) is 11.1. The third kappa shape index (κ3) is 3.08. The van der Waals surface area contributed by atoms with Crippen molar-refractivity contribution in [3.05, 3.63) is 47.3 Å². The fraction of sp³-hybridized carbons (Fsp3) is 0.133. The third-order valence-corrected chi connectivity index (χ3v) is 6.11. The molecule has 3 aromatic rings. The van der Waals surface area contributed by atoms with Crippen molar-refractivity contribution in [3.63, 3.8) is 0 Å². The molecule has 0 radical (unpaired) electrons. The zero-order valence-corrected chi connectivity index (χ0v) is 14.2. The summed E-state index contributed by atoms with van der Waals surface area (Å²) in [5.41, 5.74) is 2.79. The second-order valence-electron chi connectivity index (χ2n) is 4.86. The van der Waals surface area contributed by atoms with Gasteiger partial charge in [-0.15, -0.1) is 11.3 Å². The highest BCUT2D eigenvalue weighted by Crippen LogP contribution is 2.31. The van der Waals surface area contributed by atoms with Gasteiger partial charge in [-0.25, -0.2) is 8.42 Å². The van der Waals surface area contributed by atoms with Crippen molar-refractivity contribution >= 4 is 27.2 Å². The molecule has 0 atom stereocenters. The molecular weight excluding hydrogens is 334 g/mol. The van der Waals surface area contributed by atoms with E-state index in [9.17, 15) is 8.42 Å². The van der Waals surface area contributed by atoms with Crippen molar-refractivity contribution in [3.8, 4) is 17.0 Å². The highest BCUT2D eigenvalue weighted by Gasteiger charge is 2.22. The van der Waals surface area contributed by atoms with E-state index in [4.69, 9.17) is 4.74 Å². The van der Waals surface area contributed by atoms with Gasteiger partial charge in [0, 0.05) is 11.6 Å². The van der Waals surface area contributed by atoms with Gasteiger partial charge in [0.25, 0.3) is 10.0 Å². The normalized spacial score (nSPS) is 11.4. The minimum Gasteiger partial charge on any atom is -0.494 e. The van der Waals surface area contributed by atoms with Crippen molar-refractivity contribution in [1.29, 1.82) is 0 Å². The lowest BCUT2D eigenvalue weighted by Gasteiger charge is -2.05. The Morgan fingerprint density at radius 2 is 2.04 bits per heavy atom. The van der Waals surface area contributed by atoms with Crippen LogP contribution < -0.4 is 9.46 Å². The molecule has 3 rings (SSSR count). The second kappa shape index (κ2) is 6.05. The van der Waals surface area contributed by atoms with Gasteiger partial charge in [0.15, 0.2) is 10.0 Å². The molecule has 2 heterocycles. The first kappa shape index (κ1) is 15.6. The van der Waals surface area contributed by atoms with Crippen LogP contribution in [0.15, 0.2) is 46.0 Å². The van der Waals surface area contributed by atoms with Gasteiger partial charge < -0.3 is 4.74 Å². The quantitative estimate of drug-likeness (QED) is 0.740. The van der Waals surface area contributed by atoms with Crippen LogP contribution in [0.2, 0.25) is 0 Å². The Kier molecular flexibility index (Phi) is 4.10. The Morgan fingerprint density at radius 3 is 2.78 bits per heavy atom. The second-order valence-corrected chi connectivity index (χ2v) is 7.66. The van der Waals surface area contributed by atoms with Gasteiger partial charge in [0.2, 0.25) is 0 Å². The summed E-state index contributed by atoms with van der Waals surface area (Å²) in [7, 11) is -2.29. The SMILES string of the molecule is COc1ccsc1S(=O)(=O)Nc1cc(-c2ccccc2C)[nH]n1. The van der Waals surface area contributed by atoms with Crippen LogP contribution in [0.4, 0.5) is 5.82 Å². The average Bonchev–Trinajstić information content (AvgIpc) is 3.16. The number of nitrogens with zero attached hydrogens (tertiary/aromatic N) is 1. The molecule has 0 amide bonds. The maximum absolute atomic E-state index is 12.4. The molecule has 0 saturated heterocycles. The van der Waals surface area contributed by atoms with Crippen molar-refractivity contribution in [2.24, 2.45) is 0 Å². The van der Waals surface area contributed by atoms with Crippen molar-refractivity contribution in [1.82, 2.24) is 10.2 Å². The Bertz CT molecular complexity index is 929. The fourth-order valence-corrected chi connectivity index (χ4v) is 4.47. The molecule has 0 bridgehead atoms. The summed E-state index contributed by atoms with van der Waals surface area (Å²) in [6.07, 6.45) is 0. The number of methoxy groups -OCH3 is 1. The highest BCUT2D eigenvalue weighted by molar-refractivity contribution is 7.94. The maximum Gasteiger partial charge on any atom is 0.276 e. The van der Waals surface area contributed by atoms with E-state index in [1.807, 2.05) is 31.2 Å². The number of anilines is 1. The number of aryl methyl sites for hydroxylation is 1. The predicted octanol–water partition coefficient (Wildman–Crippen LogP) is 3.26. The van der Waals surface area contributed by atoms with Crippen LogP contribution in [-0.2, 0) is 10.0 Å². The topological polar surface area (TPSA) is 84.1 Å². The summed E-state index contributed by atoms with van der Waals surface area (Å²) >= 11 is 1.09. The van der Waals surface area contributed by atoms with Crippen LogP contribution in [-0.4, -0.2) is 25.7 Å². The molecule has 0 aliphatic carbocycles. The van der Waals surface area contributed by atoms with Gasteiger partial charge in [-0.05, 0) is 23.9 Å². The number of hydrogen-bond acceptors (Lipinski definition) is 5. The summed E-state index contributed by atoms with van der Waals surface area (Å²) in [4.78, 5) is 0. The van der Waals surface area contributed by atoms with E-state index >= 15 is 0 Å². The van der Waals surface area contributed by atoms with Gasteiger partial charge in [-0.1, -0.05) is 24.3 Å². The summed E-state index contributed by atoms with van der Waals surface area (Å²) < 4.78 is 32.5. The molecule has 8 heteroatoms. The van der Waals surface area contributed by atoms with Crippen LogP contribution in [0.3, 0.4) is 0 Å². The van der Waals surface area contributed by atoms with Gasteiger partial charge in [0.1, 0.15) is 5.75 Å². The molecule has 0 saturated carbocycles. The standard InChI is InChI=1S/C15H15N3O3S2/c1-10-5-3-4-6-11(10)12-9-14(17-16-12)18-23(19,20)15-13(21-2)7-8-22-15/h3-9H,1-2H3,(H2,16,17,18). The lowest BCUT2D eigenvalue weighted by Crippen LogP contribution is -2.12. The van der Waals surface area contributed by atoms with E-state index in [0.29, 0.717) is 5.75 Å². The molecule has 0 spiro atoms. The van der Waals surface area contributed by atoms with Gasteiger partial charge in [0.05, 0.1) is 12.8 Å². The van der Waals surface area contributed by atoms with Crippen LogP contribution in [0.5, 0.6) is 5.75 Å². The largest absolute Gasteiger partial charge is 0.494 e. The lowest BCUT2D eigenvalue weighted by atomic mass is 10.1. The Labute approximate surface area is 138 Å². The van der Waals surface area contributed by atoms with Crippen molar-refractivity contribution in [2.45, 2.75) is 11.1 Å². The summed E-state index contributed by atoms with van der Waals surface area (Å²) in [5.74, 6) is 0.552. The summed E-state index contributed by atoms with van der Waals surface area (Å²) in [5, 5.41) is 8.55. The molecule has 2 N–H and O–H groups in total. The highest BCUT2D eigenvalue weighted by atomic mass is 32.2. The monoisotopic (exact) mass is 349 g/mol. The van der Waals surface area contributed by atoms with Crippen LogP contribution >= 0.6 is 11.3 Å². The molecule has 0 fully saturated rings. The number of nitrogens with one attached hydrogen (secondary N) is 2. The zero-order valence-electron chi connectivity index (χ0n) is 12.5. The molecule has 1 aromatic carbocycles. The fourth-order valence-electron chi connectivity index (χ4n) is 2.20. The predicted molar refractivity (Wildman–Crippen MR) is 90.4 cm³/mol. The molecule has 2 aromatic heterocycles. The number of ether oxygens (including phenoxy) is 1. The first-order valence-electron chi connectivity index (χ1n) is 6.77. The minimum absolute atomic E-state index is 0.125. The third-order valence-electron chi connectivity index (χ3n) is 3.31. The zero-order chi connectivity index (χ0) is 16.4. The Morgan fingerprint density at radius 1 is 1.26 bits per heavy atom. The van der Waals surface area contributed by atoms with E-state index in [1.54, 1.807) is 17.5 Å². The number of H-pyrrole nitrogens is 1. The first-order valence-corrected chi connectivity index (χ1v) is 9.13. The molecule has 0 aliphatic heterocycles. The maximum atomic E-state index is 12.4. The molecule has 0 unspecified atom stereocenters. The number of aromatic amines is 1. The average molecular weight is 349 g/mol. The van der Waals surface area contributed by atoms with Crippen LogP contribution in [0.25, 0.3) is 11.3 Å². The van der Waals surface area contributed by atoms with E-state index in [1.165, 1.54) is 7.11 Å². The Hall–Kier alpha value is -2.32. The van der Waals surface area contributed by atoms with Gasteiger partial charge in [-0.2, -0.15) is 5.10 Å². The van der Waals surface area contributed by atoms with E-state index in [0.717, 1.165) is 28.2 Å². The first-order chi connectivity index (χ1) is 11.0. The number of sulfonamides is 1. The lowest BCUT2D eigenvalue weighted by molar-refractivity contribution is 0.406. The van der Waals surface area contributed by atoms with Crippen molar-refractivity contribution < 1.29 is 13.2 Å². The van der Waals surface area contributed by atoms with E-state index in [2.05, 4.69) is 14.9 Å². The molecule has 23 heavy (non-hydrogen) atoms. The number of benzene rings is 1. The van der Waals surface area contributed by atoms with Crippen LogP contribution in [0, 0.1) is 6.92 Å². The van der Waals surface area contributed by atoms with Gasteiger partial charge >= 0.3 is 0 Å². The smallest absolute Gasteiger partial charge is 0.276 e. The molecule has 0 aliphatic rings.